The van der Waals surface area contributed by atoms with Crippen LogP contribution in [0.25, 0.3) is 0 Å². The van der Waals surface area contributed by atoms with Gasteiger partial charge in [-0.1, -0.05) is 0 Å². The lowest BCUT2D eigenvalue weighted by molar-refractivity contribution is -0.384. The van der Waals surface area contributed by atoms with Crippen molar-refractivity contribution in [3.05, 3.63) is 39.9 Å². The van der Waals surface area contributed by atoms with Crippen LogP contribution in [0.15, 0.2) is 24.3 Å². The summed E-state index contributed by atoms with van der Waals surface area (Å²) in [7, 11) is 1.68. The average molecular weight is 437 g/mol. The van der Waals surface area contributed by atoms with Gasteiger partial charge in [0.1, 0.15) is 6.61 Å². The number of rotatable bonds is 7. The van der Waals surface area contributed by atoms with Crippen LogP contribution in [-0.2, 0) is 16.1 Å². The first kappa shape index (κ1) is 22.4. The quantitative estimate of drug-likeness (QED) is 0.384. The maximum Gasteiger partial charge on any atom is 0.409 e. The second kappa shape index (κ2) is 10.1. The molecule has 0 radical (unpaired) electrons. The molecule has 1 N–H and O–H groups in total. The summed E-state index contributed by atoms with van der Waals surface area (Å²) >= 11 is 4.32. The molecule has 2 amide bonds. The maximum atomic E-state index is 12.7. The van der Waals surface area contributed by atoms with Crippen molar-refractivity contribution in [2.45, 2.75) is 25.5 Å². The van der Waals surface area contributed by atoms with Crippen molar-refractivity contribution >= 4 is 30.3 Å². The molecule has 2 aliphatic heterocycles. The lowest BCUT2D eigenvalue weighted by atomic mass is 10.1. The van der Waals surface area contributed by atoms with E-state index in [1.807, 2.05) is 4.90 Å². The fraction of sp³-hybridized carbons (Fsp3) is 0.600. The van der Waals surface area contributed by atoms with Crippen LogP contribution in [-0.4, -0.2) is 71.7 Å². The summed E-state index contributed by atoms with van der Waals surface area (Å²) in [6.45, 7) is 2.75. The van der Waals surface area contributed by atoms with E-state index in [0.29, 0.717) is 31.1 Å². The highest BCUT2D eigenvalue weighted by atomic mass is 32.1. The zero-order valence-electron chi connectivity index (χ0n) is 17.0. The Labute approximate surface area is 181 Å². The molecule has 0 unspecified atom stereocenters. The summed E-state index contributed by atoms with van der Waals surface area (Å²) in [5.41, 5.74) is 0.681. The van der Waals surface area contributed by atoms with Gasteiger partial charge in [-0.2, -0.15) is 12.6 Å². The molecule has 1 aromatic rings. The Hall–Kier alpha value is -2.33. The molecule has 0 aromatic heterocycles. The molecule has 0 aliphatic carbocycles. The van der Waals surface area contributed by atoms with Crippen LogP contribution in [0.3, 0.4) is 0 Å². The first-order chi connectivity index (χ1) is 14.4. The number of nitrogens with one attached hydrogen (secondary N) is 1. The summed E-state index contributed by atoms with van der Waals surface area (Å²) < 4.78 is 5.30. The monoisotopic (exact) mass is 436 g/mol. The summed E-state index contributed by atoms with van der Waals surface area (Å²) in [4.78, 5) is 38.6. The predicted molar refractivity (Wildman–Crippen MR) is 114 cm³/mol. The van der Waals surface area contributed by atoms with Gasteiger partial charge < -0.3 is 19.9 Å². The minimum atomic E-state index is -0.472. The second-order valence-corrected chi connectivity index (χ2v) is 8.41. The average Bonchev–Trinajstić information content (AvgIpc) is 3.41. The number of amides is 2. The van der Waals surface area contributed by atoms with Gasteiger partial charge in [-0.15, -0.1) is 0 Å². The maximum absolute atomic E-state index is 12.7. The Bertz CT molecular complexity index is 775. The lowest BCUT2D eigenvalue weighted by Crippen LogP contribution is -2.43. The van der Waals surface area contributed by atoms with Gasteiger partial charge >= 0.3 is 6.09 Å². The van der Waals surface area contributed by atoms with Crippen LogP contribution >= 0.6 is 12.6 Å². The van der Waals surface area contributed by atoms with Crippen LogP contribution in [0.4, 0.5) is 10.5 Å². The largest absolute Gasteiger partial charge is 0.445 e. The molecule has 0 saturated carbocycles. The Morgan fingerprint density at radius 2 is 2.07 bits per heavy atom. The number of nitro benzene ring substituents is 1. The Morgan fingerprint density at radius 3 is 2.70 bits per heavy atom. The van der Waals surface area contributed by atoms with E-state index in [0.717, 1.165) is 25.1 Å². The van der Waals surface area contributed by atoms with Crippen molar-refractivity contribution in [2.75, 3.05) is 39.0 Å². The SMILES string of the molecule is CN(C[C@@H]1CCN(C(=O)[C@@H]2C[C@H](CS)CN2)C1)C(=O)OCc1ccc([N+](=O)[O-])cc1. The van der Waals surface area contributed by atoms with Gasteiger partial charge in [0, 0.05) is 38.8 Å². The van der Waals surface area contributed by atoms with E-state index in [-0.39, 0.29) is 30.2 Å². The van der Waals surface area contributed by atoms with Gasteiger partial charge in [0.25, 0.3) is 5.69 Å². The van der Waals surface area contributed by atoms with Crippen molar-refractivity contribution < 1.29 is 19.2 Å². The predicted octanol–water partition coefficient (Wildman–Crippen LogP) is 1.92. The van der Waals surface area contributed by atoms with Crippen molar-refractivity contribution in [2.24, 2.45) is 11.8 Å². The minimum Gasteiger partial charge on any atom is -0.445 e. The molecule has 2 fully saturated rings. The molecule has 3 atom stereocenters. The molecule has 0 spiro atoms. The number of nitro groups is 1. The fourth-order valence-electron chi connectivity index (χ4n) is 3.97. The number of thiol groups is 1. The van der Waals surface area contributed by atoms with E-state index in [4.69, 9.17) is 4.74 Å². The number of likely N-dealkylation sites (tertiary alicyclic amines) is 1. The third-order valence-electron chi connectivity index (χ3n) is 5.73. The standard InChI is InChI=1S/C20H28N4O5S/c1-22(20(26)29-12-14-2-4-17(5-3-14)24(27)28)10-15-6-7-23(11-15)19(25)18-8-16(13-30)9-21-18/h2-5,15-16,18,21,30H,6-13H2,1H3/t15-,16-,18-/m0/s1. The molecule has 1 aromatic carbocycles. The number of benzene rings is 1. The second-order valence-electron chi connectivity index (χ2n) is 8.04. The Balaban J connectivity index is 1.41. The van der Waals surface area contributed by atoms with E-state index in [9.17, 15) is 19.7 Å². The normalized spacial score (nSPS) is 23.4. The molecule has 2 aliphatic rings. The minimum absolute atomic E-state index is 0.00326. The first-order valence-corrected chi connectivity index (χ1v) is 10.7. The molecular weight excluding hydrogens is 408 g/mol. The summed E-state index contributed by atoms with van der Waals surface area (Å²) in [5, 5.41) is 14.0. The van der Waals surface area contributed by atoms with Gasteiger partial charge in [0.15, 0.2) is 0 Å². The topological polar surface area (TPSA) is 105 Å². The third kappa shape index (κ3) is 5.63. The van der Waals surface area contributed by atoms with Gasteiger partial charge in [0.2, 0.25) is 5.91 Å². The molecule has 0 bridgehead atoms. The van der Waals surface area contributed by atoms with Crippen LogP contribution in [0.5, 0.6) is 0 Å². The molecule has 3 rings (SSSR count). The van der Waals surface area contributed by atoms with Gasteiger partial charge in [-0.05, 0) is 54.7 Å². The first-order valence-electron chi connectivity index (χ1n) is 10.1. The van der Waals surface area contributed by atoms with Gasteiger partial charge in [-0.25, -0.2) is 4.79 Å². The number of nitrogens with zero attached hydrogens (tertiary/aromatic N) is 3. The number of non-ortho nitro benzene ring substituents is 1. The Kier molecular flexibility index (Phi) is 7.54. The lowest BCUT2D eigenvalue weighted by Gasteiger charge is -2.23. The zero-order valence-corrected chi connectivity index (χ0v) is 17.9. The number of carbonyl (C=O) groups is 2. The highest BCUT2D eigenvalue weighted by molar-refractivity contribution is 7.80. The van der Waals surface area contributed by atoms with Crippen molar-refractivity contribution in [1.82, 2.24) is 15.1 Å². The molecule has 164 valence electrons. The highest BCUT2D eigenvalue weighted by Gasteiger charge is 2.35. The van der Waals surface area contributed by atoms with Crippen LogP contribution in [0, 0.1) is 22.0 Å². The van der Waals surface area contributed by atoms with E-state index in [1.54, 1.807) is 19.2 Å². The fourth-order valence-corrected chi connectivity index (χ4v) is 4.25. The van der Waals surface area contributed by atoms with Crippen molar-refractivity contribution in [1.29, 1.82) is 0 Å². The van der Waals surface area contributed by atoms with Crippen LogP contribution in [0.1, 0.15) is 18.4 Å². The van der Waals surface area contributed by atoms with E-state index >= 15 is 0 Å². The molecule has 2 heterocycles. The van der Waals surface area contributed by atoms with Crippen LogP contribution < -0.4 is 5.32 Å². The molecule has 30 heavy (non-hydrogen) atoms. The van der Waals surface area contributed by atoms with Crippen molar-refractivity contribution in [3.8, 4) is 0 Å². The zero-order chi connectivity index (χ0) is 21.7. The van der Waals surface area contributed by atoms with E-state index < -0.39 is 11.0 Å². The molecule has 9 nitrogen and oxygen atoms in total. The number of ether oxygens (including phenoxy) is 1. The third-order valence-corrected chi connectivity index (χ3v) is 6.25. The van der Waals surface area contributed by atoms with E-state index in [2.05, 4.69) is 17.9 Å². The summed E-state index contributed by atoms with van der Waals surface area (Å²) in [6.07, 6.45) is 1.24. The van der Waals surface area contributed by atoms with Gasteiger partial charge in [-0.3, -0.25) is 14.9 Å². The van der Waals surface area contributed by atoms with Gasteiger partial charge in [0.05, 0.1) is 11.0 Å². The number of hydrogen-bond donors (Lipinski definition) is 2. The highest BCUT2D eigenvalue weighted by Crippen LogP contribution is 2.22. The van der Waals surface area contributed by atoms with Crippen molar-refractivity contribution in [3.63, 3.8) is 0 Å². The number of carbonyl (C=O) groups excluding carboxylic acids is 2. The molecule has 2 saturated heterocycles. The number of hydrogen-bond acceptors (Lipinski definition) is 7. The summed E-state index contributed by atoms with van der Waals surface area (Å²) in [6, 6.07) is 5.79. The smallest absolute Gasteiger partial charge is 0.409 e. The Morgan fingerprint density at radius 1 is 1.33 bits per heavy atom. The molecule has 10 heteroatoms. The van der Waals surface area contributed by atoms with E-state index in [1.165, 1.54) is 17.0 Å². The molecular formula is C20H28N4O5S. The van der Waals surface area contributed by atoms with Crippen LogP contribution in [0.2, 0.25) is 0 Å². The summed E-state index contributed by atoms with van der Waals surface area (Å²) in [5.74, 6) is 1.59.